The molecular weight excluding hydrogens is 398 g/mol. The molecule has 0 bridgehead atoms. The van der Waals surface area contributed by atoms with Gasteiger partial charge in [-0.05, 0) is 43.2 Å². The van der Waals surface area contributed by atoms with E-state index in [1.54, 1.807) is 11.3 Å². The number of anilines is 3. The largest absolute Gasteiger partial charge is 0.365 e. The van der Waals surface area contributed by atoms with Crippen LogP contribution in [0.3, 0.4) is 0 Å². The second-order valence-electron chi connectivity index (χ2n) is 7.27. The number of piperidine rings is 1. The highest BCUT2D eigenvalue weighted by atomic mass is 32.1. The van der Waals surface area contributed by atoms with Crippen LogP contribution < -0.4 is 10.6 Å². The average Bonchev–Trinajstić information content (AvgIpc) is 3.42. The first-order valence-electron chi connectivity index (χ1n) is 9.83. The van der Waals surface area contributed by atoms with Gasteiger partial charge in [-0.25, -0.2) is 4.98 Å². The van der Waals surface area contributed by atoms with Crippen LogP contribution in [0.25, 0.3) is 21.3 Å². The Balaban J connectivity index is 1.41. The lowest BCUT2D eigenvalue weighted by atomic mass is 10.1. The van der Waals surface area contributed by atoms with Gasteiger partial charge in [0.2, 0.25) is 11.9 Å². The molecule has 1 fully saturated rings. The van der Waals surface area contributed by atoms with Crippen molar-refractivity contribution in [1.29, 1.82) is 0 Å². The zero-order valence-electron chi connectivity index (χ0n) is 16.3. The fourth-order valence-corrected chi connectivity index (χ4v) is 4.50. The van der Waals surface area contributed by atoms with Gasteiger partial charge in [0.1, 0.15) is 11.5 Å². The zero-order valence-corrected chi connectivity index (χ0v) is 17.1. The van der Waals surface area contributed by atoms with Gasteiger partial charge in [-0.2, -0.15) is 9.97 Å². The highest BCUT2D eigenvalue weighted by Gasteiger charge is 2.23. The van der Waals surface area contributed by atoms with Crippen molar-refractivity contribution >= 4 is 55.9 Å². The number of aromatic amines is 1. The molecule has 1 aromatic carbocycles. The molecule has 152 valence electrons. The van der Waals surface area contributed by atoms with Crippen LogP contribution in [0.1, 0.15) is 12.8 Å². The number of aromatic nitrogens is 4. The molecule has 0 spiro atoms. The lowest BCUT2D eigenvalue weighted by Gasteiger charge is -2.33. The van der Waals surface area contributed by atoms with Crippen LogP contribution in [0, 0.1) is 0 Å². The Kier molecular flexibility index (Phi) is 4.80. The second kappa shape index (κ2) is 7.75. The van der Waals surface area contributed by atoms with Crippen molar-refractivity contribution < 1.29 is 4.79 Å². The smallest absolute Gasteiger partial charge is 0.246 e. The number of thiazole rings is 1. The minimum absolute atomic E-state index is 0.0307. The minimum Gasteiger partial charge on any atom is -0.365 e. The summed E-state index contributed by atoms with van der Waals surface area (Å²) >= 11 is 1.60. The van der Waals surface area contributed by atoms with Crippen molar-refractivity contribution in [1.82, 2.24) is 24.8 Å². The highest BCUT2D eigenvalue weighted by molar-refractivity contribution is 7.16. The highest BCUT2D eigenvalue weighted by Crippen LogP contribution is 2.27. The van der Waals surface area contributed by atoms with E-state index in [4.69, 9.17) is 4.98 Å². The first-order valence-corrected chi connectivity index (χ1v) is 10.7. The molecule has 5 rings (SSSR count). The number of rotatable bonds is 5. The minimum atomic E-state index is -0.0307. The van der Waals surface area contributed by atoms with Crippen molar-refractivity contribution in [3.8, 4) is 0 Å². The number of nitrogens with zero attached hydrogens (tertiary/aromatic N) is 4. The number of hydrogen-bond donors (Lipinski definition) is 3. The molecule has 3 aromatic heterocycles. The van der Waals surface area contributed by atoms with Gasteiger partial charge in [-0.15, -0.1) is 11.3 Å². The fraction of sp³-hybridized carbons (Fsp3) is 0.238. The third kappa shape index (κ3) is 3.59. The summed E-state index contributed by atoms with van der Waals surface area (Å²) in [6, 6.07) is 8.07. The fourth-order valence-electron chi connectivity index (χ4n) is 3.79. The van der Waals surface area contributed by atoms with Crippen LogP contribution in [0.5, 0.6) is 0 Å². The van der Waals surface area contributed by atoms with E-state index in [9.17, 15) is 4.79 Å². The van der Waals surface area contributed by atoms with Crippen LogP contribution in [0.15, 0.2) is 48.6 Å². The van der Waals surface area contributed by atoms with E-state index in [1.165, 1.54) is 6.08 Å². The van der Waals surface area contributed by atoms with Gasteiger partial charge >= 0.3 is 0 Å². The Morgan fingerprint density at radius 3 is 3.17 bits per heavy atom. The maximum atomic E-state index is 12.0. The molecule has 8 nitrogen and oxygen atoms in total. The molecule has 3 N–H and O–H groups in total. The van der Waals surface area contributed by atoms with E-state index in [1.807, 2.05) is 40.9 Å². The van der Waals surface area contributed by atoms with Gasteiger partial charge in [-0.3, -0.25) is 4.79 Å². The molecule has 4 heterocycles. The first kappa shape index (κ1) is 18.6. The number of likely N-dealkylation sites (tertiary alicyclic amines) is 1. The number of nitrogens with one attached hydrogen (secondary N) is 3. The lowest BCUT2D eigenvalue weighted by Crippen LogP contribution is -2.44. The number of amides is 1. The van der Waals surface area contributed by atoms with Crippen molar-refractivity contribution in [2.24, 2.45) is 0 Å². The molecule has 0 saturated carbocycles. The molecule has 1 unspecified atom stereocenters. The number of carbonyl (C=O) groups is 1. The maximum absolute atomic E-state index is 12.0. The molecule has 1 aliphatic rings. The Hall–Kier alpha value is -3.46. The number of fused-ring (bicyclic) bond motifs is 2. The van der Waals surface area contributed by atoms with Crippen LogP contribution >= 0.6 is 11.3 Å². The first-order chi connectivity index (χ1) is 14.7. The quantitative estimate of drug-likeness (QED) is 0.424. The summed E-state index contributed by atoms with van der Waals surface area (Å²) in [7, 11) is 0. The molecular formula is C21H21N7OS. The van der Waals surface area contributed by atoms with Crippen molar-refractivity contribution in [2.45, 2.75) is 18.9 Å². The van der Waals surface area contributed by atoms with E-state index in [2.05, 4.69) is 32.2 Å². The SMILES string of the molecule is C=CC(=O)N1CCCC(Nc2nc(Nc3ccc4ncsc4c3)nc3[nH]ccc23)C1. The Labute approximate surface area is 177 Å². The number of carbonyl (C=O) groups excluding carboxylic acids is 1. The second-order valence-corrected chi connectivity index (χ2v) is 8.15. The molecule has 1 saturated heterocycles. The molecule has 0 aliphatic carbocycles. The molecule has 1 amide bonds. The van der Waals surface area contributed by atoms with Crippen LogP contribution in [-0.4, -0.2) is 49.9 Å². The van der Waals surface area contributed by atoms with Gasteiger partial charge in [0.15, 0.2) is 0 Å². The molecule has 1 aliphatic heterocycles. The summed E-state index contributed by atoms with van der Waals surface area (Å²) in [5.74, 6) is 1.23. The van der Waals surface area contributed by atoms with E-state index in [0.717, 1.165) is 52.1 Å². The standard InChI is InChI=1S/C21H21N7OS/c1-2-18(29)28-9-3-4-14(11-28)24-20-15-7-8-22-19(15)26-21(27-20)25-13-5-6-16-17(10-13)30-12-23-16/h2,5-8,10,12,14H,1,3-4,9,11H2,(H3,22,24,25,26,27). The summed E-state index contributed by atoms with van der Waals surface area (Å²) in [4.78, 5) is 30.6. The third-order valence-electron chi connectivity index (χ3n) is 5.25. The van der Waals surface area contributed by atoms with E-state index in [-0.39, 0.29) is 11.9 Å². The Bertz CT molecular complexity index is 1230. The topological polar surface area (TPSA) is 98.8 Å². The summed E-state index contributed by atoms with van der Waals surface area (Å²) in [5.41, 5.74) is 4.47. The normalized spacial score (nSPS) is 16.7. The Morgan fingerprint density at radius 1 is 1.33 bits per heavy atom. The number of H-pyrrole nitrogens is 1. The predicted molar refractivity (Wildman–Crippen MR) is 120 cm³/mol. The summed E-state index contributed by atoms with van der Waals surface area (Å²) < 4.78 is 1.11. The van der Waals surface area contributed by atoms with Crippen molar-refractivity contribution in [3.05, 3.63) is 48.6 Å². The summed E-state index contributed by atoms with van der Waals surface area (Å²) in [5, 5.41) is 7.75. The van der Waals surface area contributed by atoms with E-state index < -0.39 is 0 Å². The average molecular weight is 420 g/mol. The van der Waals surface area contributed by atoms with Gasteiger partial charge in [-0.1, -0.05) is 6.58 Å². The van der Waals surface area contributed by atoms with Gasteiger partial charge in [0.25, 0.3) is 0 Å². The predicted octanol–water partition coefficient (Wildman–Crippen LogP) is 3.90. The monoisotopic (exact) mass is 419 g/mol. The molecule has 9 heteroatoms. The number of benzene rings is 1. The summed E-state index contributed by atoms with van der Waals surface area (Å²) in [6.07, 6.45) is 5.14. The van der Waals surface area contributed by atoms with Crippen molar-refractivity contribution in [2.75, 3.05) is 23.7 Å². The maximum Gasteiger partial charge on any atom is 0.246 e. The third-order valence-corrected chi connectivity index (χ3v) is 6.04. The van der Waals surface area contributed by atoms with Gasteiger partial charge in [0, 0.05) is 31.0 Å². The lowest BCUT2D eigenvalue weighted by molar-refractivity contribution is -0.127. The van der Waals surface area contributed by atoms with Crippen LogP contribution in [0.4, 0.5) is 17.5 Å². The molecule has 0 radical (unpaired) electrons. The molecule has 1 atom stereocenters. The van der Waals surface area contributed by atoms with E-state index >= 15 is 0 Å². The molecule has 30 heavy (non-hydrogen) atoms. The summed E-state index contributed by atoms with van der Waals surface area (Å²) in [6.45, 7) is 4.99. The van der Waals surface area contributed by atoms with Crippen LogP contribution in [0.2, 0.25) is 0 Å². The van der Waals surface area contributed by atoms with Crippen LogP contribution in [-0.2, 0) is 4.79 Å². The van der Waals surface area contributed by atoms with Gasteiger partial charge < -0.3 is 20.5 Å². The Morgan fingerprint density at radius 2 is 2.27 bits per heavy atom. The van der Waals surface area contributed by atoms with Crippen molar-refractivity contribution in [3.63, 3.8) is 0 Å². The van der Waals surface area contributed by atoms with Gasteiger partial charge in [0.05, 0.1) is 21.1 Å². The van der Waals surface area contributed by atoms with E-state index in [0.29, 0.717) is 12.5 Å². The zero-order chi connectivity index (χ0) is 20.5. The number of hydrogen-bond acceptors (Lipinski definition) is 7. The molecule has 4 aromatic rings.